The lowest BCUT2D eigenvalue weighted by Crippen LogP contribution is -2.35. The summed E-state index contributed by atoms with van der Waals surface area (Å²) in [5, 5.41) is 0.737. The first-order chi connectivity index (χ1) is 17.0. The number of carbonyl (C=O) groups excluding carboxylic acids is 1. The highest BCUT2D eigenvalue weighted by molar-refractivity contribution is 7.98. The summed E-state index contributed by atoms with van der Waals surface area (Å²) in [5.74, 6) is -0.439. The van der Waals surface area contributed by atoms with Gasteiger partial charge in [-0.2, -0.15) is 0 Å². The van der Waals surface area contributed by atoms with E-state index in [0.717, 1.165) is 37.9 Å². The van der Waals surface area contributed by atoms with Crippen molar-refractivity contribution in [3.8, 4) is 5.69 Å². The largest absolute Gasteiger partial charge is 0.339 e. The van der Waals surface area contributed by atoms with Crippen molar-refractivity contribution in [2.45, 2.75) is 30.2 Å². The van der Waals surface area contributed by atoms with E-state index in [4.69, 9.17) is 4.98 Å². The third-order valence-electron chi connectivity index (χ3n) is 6.07. The Balaban J connectivity index is 1.58. The molecule has 1 aliphatic heterocycles. The van der Waals surface area contributed by atoms with Crippen LogP contribution in [-0.2, 0) is 5.75 Å². The molecule has 0 bridgehead atoms. The number of piperidine rings is 1. The van der Waals surface area contributed by atoms with Gasteiger partial charge in [0.2, 0.25) is 0 Å². The molecule has 0 spiro atoms. The Morgan fingerprint density at radius 2 is 1.69 bits per heavy atom. The van der Waals surface area contributed by atoms with Crippen LogP contribution in [-0.4, -0.2) is 33.4 Å². The summed E-state index contributed by atoms with van der Waals surface area (Å²) in [4.78, 5) is 33.1. The highest BCUT2D eigenvalue weighted by Gasteiger charge is 2.20. The lowest BCUT2D eigenvalue weighted by Gasteiger charge is -2.26. The highest BCUT2D eigenvalue weighted by atomic mass is 32.2. The fourth-order valence-corrected chi connectivity index (χ4v) is 5.22. The lowest BCUT2D eigenvalue weighted by atomic mass is 10.1. The molecule has 0 unspecified atom stereocenters. The van der Waals surface area contributed by atoms with E-state index in [-0.39, 0.29) is 17.3 Å². The summed E-state index contributed by atoms with van der Waals surface area (Å²) < 4.78 is 28.7. The first-order valence-electron chi connectivity index (χ1n) is 11.5. The predicted octanol–water partition coefficient (Wildman–Crippen LogP) is 5.58. The molecule has 178 valence electrons. The minimum absolute atomic E-state index is 0.0647. The van der Waals surface area contributed by atoms with Gasteiger partial charge in [-0.3, -0.25) is 14.2 Å². The van der Waals surface area contributed by atoms with E-state index in [2.05, 4.69) is 0 Å². The van der Waals surface area contributed by atoms with Gasteiger partial charge in [-0.25, -0.2) is 13.8 Å². The Bertz CT molecular complexity index is 1450. The second-order valence-corrected chi connectivity index (χ2v) is 9.46. The molecule has 0 aliphatic carbocycles. The van der Waals surface area contributed by atoms with Crippen molar-refractivity contribution < 1.29 is 13.6 Å². The Labute approximate surface area is 205 Å². The summed E-state index contributed by atoms with van der Waals surface area (Å²) in [7, 11) is 0. The molecule has 1 amide bonds. The molecule has 5 nitrogen and oxygen atoms in total. The van der Waals surface area contributed by atoms with Gasteiger partial charge in [-0.05, 0) is 79.4 Å². The molecule has 4 aromatic rings. The van der Waals surface area contributed by atoms with Crippen molar-refractivity contribution in [3.05, 3.63) is 99.8 Å². The van der Waals surface area contributed by atoms with Crippen LogP contribution in [0.25, 0.3) is 16.6 Å². The number of carbonyl (C=O) groups is 1. The van der Waals surface area contributed by atoms with Gasteiger partial charge in [-0.15, -0.1) is 0 Å². The van der Waals surface area contributed by atoms with E-state index in [0.29, 0.717) is 33.1 Å². The summed E-state index contributed by atoms with van der Waals surface area (Å²) in [6.45, 7) is 1.45. The summed E-state index contributed by atoms with van der Waals surface area (Å²) in [6, 6.07) is 16.8. The zero-order valence-electron chi connectivity index (χ0n) is 18.9. The number of fused-ring (bicyclic) bond motifs is 1. The average molecular weight is 492 g/mol. The molecule has 1 aromatic heterocycles. The van der Waals surface area contributed by atoms with Gasteiger partial charge in [0.15, 0.2) is 5.16 Å². The molecule has 3 aromatic carbocycles. The smallest absolute Gasteiger partial charge is 0.266 e. The SMILES string of the molecule is O=C(c1ccc2c(=O)n(-c3ccc(F)cc3)c(SCc3cccc(F)c3)nc2c1)N1CCCCC1. The van der Waals surface area contributed by atoms with Crippen molar-refractivity contribution in [2.75, 3.05) is 13.1 Å². The van der Waals surface area contributed by atoms with E-state index < -0.39 is 5.82 Å². The molecular formula is C27H23F2N3O2S. The molecule has 2 heterocycles. The van der Waals surface area contributed by atoms with Crippen LogP contribution < -0.4 is 5.56 Å². The van der Waals surface area contributed by atoms with Gasteiger partial charge in [0, 0.05) is 24.4 Å². The molecule has 1 aliphatic rings. The van der Waals surface area contributed by atoms with Crippen molar-refractivity contribution in [2.24, 2.45) is 0 Å². The second kappa shape index (κ2) is 10.00. The third-order valence-corrected chi connectivity index (χ3v) is 7.08. The van der Waals surface area contributed by atoms with Gasteiger partial charge in [0.05, 0.1) is 16.6 Å². The normalized spacial score (nSPS) is 13.8. The van der Waals surface area contributed by atoms with Gasteiger partial charge >= 0.3 is 0 Å². The lowest BCUT2D eigenvalue weighted by molar-refractivity contribution is 0.0724. The number of amides is 1. The number of aromatic nitrogens is 2. The fourth-order valence-electron chi connectivity index (χ4n) is 4.27. The van der Waals surface area contributed by atoms with E-state index in [1.807, 2.05) is 4.90 Å². The Morgan fingerprint density at radius 3 is 2.43 bits per heavy atom. The zero-order chi connectivity index (χ0) is 24.4. The quantitative estimate of drug-likeness (QED) is 0.270. The van der Waals surface area contributed by atoms with Crippen LogP contribution in [0.5, 0.6) is 0 Å². The molecular weight excluding hydrogens is 468 g/mol. The predicted molar refractivity (Wildman–Crippen MR) is 133 cm³/mol. The standard InChI is InChI=1S/C27H23F2N3O2S/c28-20-8-10-22(11-9-20)32-26(34)23-12-7-19(25(33)31-13-2-1-3-14-31)16-24(23)30-27(32)35-17-18-5-4-6-21(29)15-18/h4-12,15-16H,1-3,13-14,17H2. The van der Waals surface area contributed by atoms with E-state index in [1.165, 1.54) is 52.7 Å². The minimum Gasteiger partial charge on any atom is -0.339 e. The number of halogens is 2. The zero-order valence-corrected chi connectivity index (χ0v) is 19.7. The van der Waals surface area contributed by atoms with Gasteiger partial charge < -0.3 is 4.90 Å². The summed E-state index contributed by atoms with van der Waals surface area (Å²) in [6.07, 6.45) is 3.10. The van der Waals surface area contributed by atoms with Crippen LogP contribution >= 0.6 is 11.8 Å². The number of nitrogens with zero attached hydrogens (tertiary/aromatic N) is 3. The van der Waals surface area contributed by atoms with E-state index >= 15 is 0 Å². The Hall–Kier alpha value is -3.52. The number of benzene rings is 3. The third kappa shape index (κ3) is 4.98. The van der Waals surface area contributed by atoms with E-state index in [1.54, 1.807) is 30.3 Å². The molecule has 0 radical (unpaired) electrons. The number of likely N-dealkylation sites (tertiary alicyclic amines) is 1. The molecule has 1 saturated heterocycles. The van der Waals surface area contributed by atoms with Crippen LogP contribution in [0.2, 0.25) is 0 Å². The van der Waals surface area contributed by atoms with E-state index in [9.17, 15) is 18.4 Å². The second-order valence-electron chi connectivity index (χ2n) is 8.51. The van der Waals surface area contributed by atoms with Crippen molar-refractivity contribution in [1.82, 2.24) is 14.5 Å². The maximum Gasteiger partial charge on any atom is 0.266 e. The molecule has 35 heavy (non-hydrogen) atoms. The first kappa shape index (κ1) is 23.2. The number of rotatable bonds is 5. The fraction of sp³-hybridized carbons (Fsp3) is 0.222. The van der Waals surface area contributed by atoms with Crippen LogP contribution in [0.15, 0.2) is 76.7 Å². The van der Waals surface area contributed by atoms with Crippen LogP contribution in [0.4, 0.5) is 8.78 Å². The Kier molecular flexibility index (Phi) is 6.63. The van der Waals surface area contributed by atoms with Crippen LogP contribution in [0.1, 0.15) is 35.2 Å². The van der Waals surface area contributed by atoms with Gasteiger partial charge in [0.25, 0.3) is 11.5 Å². The van der Waals surface area contributed by atoms with Crippen LogP contribution in [0.3, 0.4) is 0 Å². The number of thioether (sulfide) groups is 1. The highest BCUT2D eigenvalue weighted by Crippen LogP contribution is 2.26. The number of hydrogen-bond acceptors (Lipinski definition) is 4. The van der Waals surface area contributed by atoms with Crippen LogP contribution in [0, 0.1) is 11.6 Å². The summed E-state index contributed by atoms with van der Waals surface area (Å²) in [5.41, 5.74) is 1.80. The topological polar surface area (TPSA) is 55.2 Å². The first-order valence-corrected chi connectivity index (χ1v) is 12.5. The molecule has 1 fully saturated rings. The number of hydrogen-bond donors (Lipinski definition) is 0. The van der Waals surface area contributed by atoms with Gasteiger partial charge in [0.1, 0.15) is 11.6 Å². The Morgan fingerprint density at radius 1 is 0.914 bits per heavy atom. The maximum absolute atomic E-state index is 13.7. The average Bonchev–Trinajstić information content (AvgIpc) is 2.88. The van der Waals surface area contributed by atoms with Gasteiger partial charge in [-0.1, -0.05) is 23.9 Å². The molecule has 0 saturated carbocycles. The molecule has 0 N–H and O–H groups in total. The maximum atomic E-state index is 13.7. The molecule has 5 rings (SSSR count). The van der Waals surface area contributed by atoms with Crippen molar-refractivity contribution >= 4 is 28.6 Å². The summed E-state index contributed by atoms with van der Waals surface area (Å²) >= 11 is 1.28. The molecule has 0 atom stereocenters. The molecule has 8 heteroatoms. The van der Waals surface area contributed by atoms with Crippen molar-refractivity contribution in [1.29, 1.82) is 0 Å². The van der Waals surface area contributed by atoms with Crippen molar-refractivity contribution in [3.63, 3.8) is 0 Å². The monoisotopic (exact) mass is 491 g/mol. The minimum atomic E-state index is -0.412.